The number of amides is 1. The molecule has 0 aliphatic carbocycles. The first kappa shape index (κ1) is 14.2. The van der Waals surface area contributed by atoms with Gasteiger partial charge in [0.2, 0.25) is 5.91 Å². The van der Waals surface area contributed by atoms with Gasteiger partial charge in [-0.25, -0.2) is 9.78 Å². The molecule has 1 rings (SSSR count). The zero-order chi connectivity index (χ0) is 14.0. The molecule has 0 bridgehead atoms. The first-order valence-electron chi connectivity index (χ1n) is 5.44. The molecule has 0 aliphatic heterocycles. The molecule has 0 aromatic carbocycles. The maximum Gasteiger partial charge on any atom is 0.336 e. The molecule has 0 aliphatic rings. The van der Waals surface area contributed by atoms with E-state index in [-0.39, 0.29) is 6.42 Å². The Labute approximate surface area is 105 Å². The fourth-order valence-electron chi connectivity index (χ4n) is 1.31. The predicted octanol–water partition coefficient (Wildman–Crippen LogP) is -0.523. The van der Waals surface area contributed by atoms with Crippen molar-refractivity contribution in [2.75, 3.05) is 0 Å². The quantitative estimate of drug-likeness (QED) is 0.492. The van der Waals surface area contributed by atoms with Gasteiger partial charge >= 0.3 is 5.97 Å². The van der Waals surface area contributed by atoms with Crippen LogP contribution in [0.5, 0.6) is 0 Å². The molecule has 0 fully saturated rings. The maximum absolute atomic E-state index is 12.0. The minimum atomic E-state index is -1.90. The number of aromatic amines is 1. The van der Waals surface area contributed by atoms with E-state index in [1.54, 1.807) is 20.8 Å². The zero-order valence-electron chi connectivity index (χ0n) is 10.7. The van der Waals surface area contributed by atoms with Crippen LogP contribution < -0.4 is 11.5 Å². The number of primary amides is 1. The van der Waals surface area contributed by atoms with Crippen molar-refractivity contribution in [1.29, 1.82) is 0 Å². The van der Waals surface area contributed by atoms with Crippen LogP contribution in [0.3, 0.4) is 0 Å². The summed E-state index contributed by atoms with van der Waals surface area (Å²) in [5.74, 6) is -1.79. The molecule has 1 aromatic rings. The molecular weight excluding hydrogens is 236 g/mol. The van der Waals surface area contributed by atoms with Crippen molar-refractivity contribution in [2.45, 2.75) is 38.3 Å². The molecular formula is C11H18N4O3. The lowest BCUT2D eigenvalue weighted by atomic mass is 9.93. The van der Waals surface area contributed by atoms with E-state index in [4.69, 9.17) is 16.2 Å². The van der Waals surface area contributed by atoms with Crippen molar-refractivity contribution in [2.24, 2.45) is 11.5 Å². The third-order valence-electron chi connectivity index (χ3n) is 2.23. The number of nitrogens with zero attached hydrogens (tertiary/aromatic N) is 1. The van der Waals surface area contributed by atoms with Gasteiger partial charge in [0, 0.05) is 18.3 Å². The van der Waals surface area contributed by atoms with Gasteiger partial charge in [-0.3, -0.25) is 4.79 Å². The third-order valence-corrected chi connectivity index (χ3v) is 2.23. The van der Waals surface area contributed by atoms with Crippen molar-refractivity contribution in [1.82, 2.24) is 9.97 Å². The first-order valence-corrected chi connectivity index (χ1v) is 5.44. The van der Waals surface area contributed by atoms with Crippen molar-refractivity contribution >= 4 is 11.9 Å². The van der Waals surface area contributed by atoms with E-state index in [1.807, 2.05) is 0 Å². The number of H-pyrrole nitrogens is 1. The van der Waals surface area contributed by atoms with Crippen molar-refractivity contribution in [3.05, 3.63) is 18.2 Å². The van der Waals surface area contributed by atoms with Crippen molar-refractivity contribution in [3.8, 4) is 0 Å². The Morgan fingerprint density at radius 2 is 2.06 bits per heavy atom. The Balaban J connectivity index is 2.93. The summed E-state index contributed by atoms with van der Waals surface area (Å²) in [7, 11) is 0. The molecule has 18 heavy (non-hydrogen) atoms. The fraction of sp³-hybridized carbons (Fsp3) is 0.545. The van der Waals surface area contributed by atoms with Crippen LogP contribution in [-0.2, 0) is 20.7 Å². The Morgan fingerprint density at radius 1 is 1.44 bits per heavy atom. The largest absolute Gasteiger partial charge is 0.458 e. The molecule has 0 saturated heterocycles. The summed E-state index contributed by atoms with van der Waals surface area (Å²) < 4.78 is 5.11. The van der Waals surface area contributed by atoms with Gasteiger partial charge in [-0.15, -0.1) is 0 Å². The second-order valence-corrected chi connectivity index (χ2v) is 5.09. The smallest absolute Gasteiger partial charge is 0.336 e. The van der Waals surface area contributed by atoms with Gasteiger partial charge in [-0.2, -0.15) is 0 Å². The van der Waals surface area contributed by atoms with Crippen LogP contribution in [-0.4, -0.2) is 33.0 Å². The Bertz CT molecular complexity index is 436. The number of carbonyl (C=O) groups excluding carboxylic acids is 2. The third kappa shape index (κ3) is 3.30. The van der Waals surface area contributed by atoms with Crippen LogP contribution >= 0.6 is 0 Å². The van der Waals surface area contributed by atoms with Gasteiger partial charge < -0.3 is 21.2 Å². The monoisotopic (exact) mass is 254 g/mol. The SMILES string of the molecule is CC(C)(C)OC(=O)[C@](N)(Cc1cnc[nH]1)C(N)=O. The molecule has 0 radical (unpaired) electrons. The van der Waals surface area contributed by atoms with Gasteiger partial charge in [0.05, 0.1) is 6.33 Å². The number of rotatable bonds is 4. The number of ether oxygens (including phenoxy) is 1. The molecule has 0 saturated carbocycles. The average Bonchev–Trinajstić information content (AvgIpc) is 2.66. The number of aromatic nitrogens is 2. The van der Waals surface area contributed by atoms with Crippen molar-refractivity contribution < 1.29 is 14.3 Å². The van der Waals surface area contributed by atoms with E-state index in [0.717, 1.165) is 0 Å². The number of imidazole rings is 1. The van der Waals surface area contributed by atoms with Crippen LogP contribution in [0.2, 0.25) is 0 Å². The summed E-state index contributed by atoms with van der Waals surface area (Å²) >= 11 is 0. The summed E-state index contributed by atoms with van der Waals surface area (Å²) in [5, 5.41) is 0. The van der Waals surface area contributed by atoms with E-state index in [1.165, 1.54) is 12.5 Å². The lowest BCUT2D eigenvalue weighted by molar-refractivity contribution is -0.163. The Hall–Kier alpha value is -1.89. The highest BCUT2D eigenvalue weighted by atomic mass is 16.6. The molecule has 0 spiro atoms. The van der Waals surface area contributed by atoms with Crippen LogP contribution in [0.1, 0.15) is 26.5 Å². The highest BCUT2D eigenvalue weighted by molar-refractivity contribution is 6.06. The summed E-state index contributed by atoms with van der Waals surface area (Å²) in [6, 6.07) is 0. The number of esters is 1. The molecule has 1 heterocycles. The van der Waals surface area contributed by atoms with Gasteiger partial charge in [0.1, 0.15) is 5.60 Å². The van der Waals surface area contributed by atoms with E-state index < -0.39 is 23.0 Å². The highest BCUT2D eigenvalue weighted by Gasteiger charge is 2.44. The van der Waals surface area contributed by atoms with Gasteiger partial charge in [-0.1, -0.05) is 0 Å². The van der Waals surface area contributed by atoms with E-state index >= 15 is 0 Å². The van der Waals surface area contributed by atoms with Crippen LogP contribution in [0.15, 0.2) is 12.5 Å². The Kier molecular flexibility index (Phi) is 3.76. The summed E-state index contributed by atoms with van der Waals surface area (Å²) in [5.41, 5.74) is 8.88. The van der Waals surface area contributed by atoms with Crippen LogP contribution in [0, 0.1) is 0 Å². The van der Waals surface area contributed by atoms with E-state index in [2.05, 4.69) is 9.97 Å². The number of nitrogens with one attached hydrogen (secondary N) is 1. The summed E-state index contributed by atoms with van der Waals surface area (Å²) in [4.78, 5) is 29.9. The molecule has 5 N–H and O–H groups in total. The standard InChI is InChI=1S/C11H18N4O3/c1-10(2,3)18-9(17)11(13,8(12)16)4-7-5-14-6-15-7/h5-6H,4,13H2,1-3H3,(H2,12,16)(H,14,15)/t11-/m0/s1. The first-order chi connectivity index (χ1) is 8.15. The van der Waals surface area contributed by atoms with Crippen molar-refractivity contribution in [3.63, 3.8) is 0 Å². The average molecular weight is 254 g/mol. The number of carbonyl (C=O) groups is 2. The fourth-order valence-corrected chi connectivity index (χ4v) is 1.31. The molecule has 1 aromatic heterocycles. The second kappa shape index (κ2) is 4.77. The molecule has 7 nitrogen and oxygen atoms in total. The summed E-state index contributed by atoms with van der Waals surface area (Å²) in [6.45, 7) is 5.05. The minimum absolute atomic E-state index is 0.0861. The Morgan fingerprint density at radius 3 is 2.44 bits per heavy atom. The minimum Gasteiger partial charge on any atom is -0.458 e. The lowest BCUT2D eigenvalue weighted by Crippen LogP contribution is -2.61. The number of hydrogen-bond acceptors (Lipinski definition) is 5. The topological polar surface area (TPSA) is 124 Å². The second-order valence-electron chi connectivity index (χ2n) is 5.09. The maximum atomic E-state index is 12.0. The normalized spacial score (nSPS) is 14.9. The number of nitrogens with two attached hydrogens (primary N) is 2. The molecule has 0 unspecified atom stereocenters. The lowest BCUT2D eigenvalue weighted by Gasteiger charge is -2.28. The van der Waals surface area contributed by atoms with Gasteiger partial charge in [0.15, 0.2) is 5.54 Å². The molecule has 100 valence electrons. The van der Waals surface area contributed by atoms with E-state index in [0.29, 0.717) is 5.69 Å². The summed E-state index contributed by atoms with van der Waals surface area (Å²) in [6.07, 6.45) is 2.80. The van der Waals surface area contributed by atoms with E-state index in [9.17, 15) is 9.59 Å². The van der Waals surface area contributed by atoms with Crippen LogP contribution in [0.25, 0.3) is 0 Å². The molecule has 7 heteroatoms. The predicted molar refractivity (Wildman–Crippen MR) is 64.2 cm³/mol. The number of hydrogen-bond donors (Lipinski definition) is 3. The van der Waals surface area contributed by atoms with Gasteiger partial charge in [-0.05, 0) is 20.8 Å². The molecule has 1 atom stereocenters. The van der Waals surface area contributed by atoms with Crippen LogP contribution in [0.4, 0.5) is 0 Å². The zero-order valence-corrected chi connectivity index (χ0v) is 10.7. The highest BCUT2D eigenvalue weighted by Crippen LogP contribution is 2.16. The molecule has 1 amide bonds. The van der Waals surface area contributed by atoms with Gasteiger partial charge in [0.25, 0.3) is 0 Å².